The fourth-order valence-electron chi connectivity index (χ4n) is 3.61. The van der Waals surface area contributed by atoms with Gasteiger partial charge in [-0.15, -0.1) is 0 Å². The Morgan fingerprint density at radius 2 is 2.04 bits per heavy atom. The number of likely N-dealkylation sites (tertiary alicyclic amines) is 1. The molecule has 1 aliphatic rings. The van der Waals surface area contributed by atoms with Gasteiger partial charge in [0.05, 0.1) is 5.92 Å². The van der Waals surface area contributed by atoms with Crippen LogP contribution in [0.25, 0.3) is 11.0 Å². The van der Waals surface area contributed by atoms with Gasteiger partial charge in [0.25, 0.3) is 0 Å². The first-order chi connectivity index (χ1) is 12.5. The normalized spacial score (nSPS) is 17.3. The lowest BCUT2D eigenvalue weighted by Crippen LogP contribution is -2.47. The summed E-state index contributed by atoms with van der Waals surface area (Å²) in [5.74, 6) is 0.897. The number of piperidine rings is 1. The molecule has 0 radical (unpaired) electrons. The van der Waals surface area contributed by atoms with Crippen LogP contribution in [0, 0.1) is 12.8 Å². The van der Waals surface area contributed by atoms with Gasteiger partial charge in [-0.05, 0) is 57.9 Å². The molecule has 26 heavy (non-hydrogen) atoms. The Morgan fingerprint density at radius 3 is 2.77 bits per heavy atom. The van der Waals surface area contributed by atoms with Crippen molar-refractivity contribution >= 4 is 28.6 Å². The lowest BCUT2D eigenvalue weighted by atomic mass is 9.96. The largest absolute Gasteiger partial charge is 0.461 e. The molecule has 1 saturated heterocycles. The molecule has 3 rings (SSSR count). The van der Waals surface area contributed by atoms with Gasteiger partial charge in [-0.25, -0.2) is 4.79 Å². The van der Waals surface area contributed by atoms with Gasteiger partial charge in [0.15, 0.2) is 0 Å². The molecule has 0 bridgehead atoms. The Balaban J connectivity index is 1.65. The predicted octanol–water partition coefficient (Wildman–Crippen LogP) is 3.85. The number of carbonyl (C=O) groups is 2. The highest BCUT2D eigenvalue weighted by Gasteiger charge is 2.30. The van der Waals surface area contributed by atoms with E-state index in [-0.39, 0.29) is 17.9 Å². The predicted molar refractivity (Wildman–Crippen MR) is 102 cm³/mol. The molecule has 3 amide bonds. The van der Waals surface area contributed by atoms with E-state index >= 15 is 0 Å². The fraction of sp³-hybridized carbons (Fsp3) is 0.500. The van der Waals surface area contributed by atoms with Crippen LogP contribution in [0.2, 0.25) is 0 Å². The highest BCUT2D eigenvalue weighted by atomic mass is 16.3. The van der Waals surface area contributed by atoms with Gasteiger partial charge in [0.2, 0.25) is 5.91 Å². The van der Waals surface area contributed by atoms with Crippen molar-refractivity contribution < 1.29 is 14.0 Å². The maximum atomic E-state index is 12.7. The third kappa shape index (κ3) is 3.84. The van der Waals surface area contributed by atoms with Crippen molar-refractivity contribution in [2.75, 3.05) is 31.5 Å². The van der Waals surface area contributed by atoms with Crippen LogP contribution < -0.4 is 5.32 Å². The zero-order chi connectivity index (χ0) is 18.7. The first kappa shape index (κ1) is 18.3. The highest BCUT2D eigenvalue weighted by Crippen LogP contribution is 2.24. The van der Waals surface area contributed by atoms with Crippen LogP contribution >= 0.6 is 0 Å². The second kappa shape index (κ2) is 7.81. The molecule has 1 fully saturated rings. The third-order valence-corrected chi connectivity index (χ3v) is 5.02. The van der Waals surface area contributed by atoms with Crippen molar-refractivity contribution in [1.82, 2.24) is 9.80 Å². The second-order valence-electron chi connectivity index (χ2n) is 6.84. The molecule has 0 saturated carbocycles. The third-order valence-electron chi connectivity index (χ3n) is 5.02. The molecule has 0 unspecified atom stereocenters. The van der Waals surface area contributed by atoms with Crippen molar-refractivity contribution in [3.8, 4) is 0 Å². The van der Waals surface area contributed by atoms with Crippen molar-refractivity contribution in [3.63, 3.8) is 0 Å². The average molecular weight is 357 g/mol. The van der Waals surface area contributed by atoms with E-state index in [9.17, 15) is 9.59 Å². The minimum Gasteiger partial charge on any atom is -0.461 e. The second-order valence-corrected chi connectivity index (χ2v) is 6.84. The minimum atomic E-state index is -0.151. The Labute approximate surface area is 154 Å². The number of urea groups is 1. The molecular weight excluding hydrogens is 330 g/mol. The molecule has 0 spiro atoms. The number of nitrogens with zero attached hydrogens (tertiary/aromatic N) is 2. The van der Waals surface area contributed by atoms with Gasteiger partial charge in [-0.3, -0.25) is 4.79 Å². The van der Waals surface area contributed by atoms with Crippen LogP contribution in [0.4, 0.5) is 10.5 Å². The van der Waals surface area contributed by atoms with Gasteiger partial charge in [0.1, 0.15) is 11.3 Å². The standard InChI is InChI=1S/C20H27N3O3/c1-4-22(5-2)19(24)15-7-6-10-23(13-15)20(25)21-17-8-9-18-16(12-17)11-14(3)26-18/h8-9,11-12,15H,4-7,10,13H2,1-3H3,(H,21,25)/t15-/m1/s1. The van der Waals surface area contributed by atoms with Gasteiger partial charge in [-0.1, -0.05) is 0 Å². The molecule has 1 aliphatic heterocycles. The van der Waals surface area contributed by atoms with E-state index in [1.165, 1.54) is 0 Å². The quantitative estimate of drug-likeness (QED) is 0.904. The molecule has 6 heteroatoms. The van der Waals surface area contributed by atoms with E-state index in [0.29, 0.717) is 26.2 Å². The maximum Gasteiger partial charge on any atom is 0.321 e. The fourth-order valence-corrected chi connectivity index (χ4v) is 3.61. The molecule has 0 aliphatic carbocycles. The van der Waals surface area contributed by atoms with Gasteiger partial charge >= 0.3 is 6.03 Å². The van der Waals surface area contributed by atoms with E-state index in [2.05, 4.69) is 5.32 Å². The summed E-state index contributed by atoms with van der Waals surface area (Å²) in [4.78, 5) is 28.8. The summed E-state index contributed by atoms with van der Waals surface area (Å²) in [5.41, 5.74) is 1.55. The lowest BCUT2D eigenvalue weighted by Gasteiger charge is -2.34. The highest BCUT2D eigenvalue weighted by molar-refractivity contribution is 5.93. The van der Waals surface area contributed by atoms with Crippen molar-refractivity contribution in [3.05, 3.63) is 30.0 Å². The molecule has 1 atom stereocenters. The summed E-state index contributed by atoms with van der Waals surface area (Å²) < 4.78 is 5.56. The van der Waals surface area contributed by atoms with Crippen molar-refractivity contribution in [1.29, 1.82) is 0 Å². The maximum absolute atomic E-state index is 12.7. The molecule has 2 aromatic rings. The van der Waals surface area contributed by atoms with Crippen LogP contribution in [-0.4, -0.2) is 47.9 Å². The number of hydrogen-bond donors (Lipinski definition) is 1. The van der Waals surface area contributed by atoms with E-state index in [0.717, 1.165) is 35.3 Å². The number of fused-ring (bicyclic) bond motifs is 1. The SMILES string of the molecule is CCN(CC)C(=O)[C@@H]1CCCN(C(=O)Nc2ccc3oc(C)cc3c2)C1. The molecule has 140 valence electrons. The van der Waals surface area contributed by atoms with E-state index in [1.54, 1.807) is 4.90 Å². The number of anilines is 1. The molecular formula is C20H27N3O3. The number of hydrogen-bond acceptors (Lipinski definition) is 3. The minimum absolute atomic E-state index is 0.103. The number of benzene rings is 1. The van der Waals surface area contributed by atoms with E-state index < -0.39 is 0 Å². The number of carbonyl (C=O) groups excluding carboxylic acids is 2. The summed E-state index contributed by atoms with van der Waals surface area (Å²) in [6.07, 6.45) is 1.70. The van der Waals surface area contributed by atoms with Crippen LogP contribution in [-0.2, 0) is 4.79 Å². The Morgan fingerprint density at radius 1 is 1.27 bits per heavy atom. The van der Waals surface area contributed by atoms with Crippen LogP contribution in [0.1, 0.15) is 32.4 Å². The zero-order valence-corrected chi connectivity index (χ0v) is 15.7. The number of amides is 3. The van der Waals surface area contributed by atoms with Crippen molar-refractivity contribution in [2.24, 2.45) is 5.92 Å². The Kier molecular flexibility index (Phi) is 5.49. The van der Waals surface area contributed by atoms with Gasteiger partial charge in [-0.2, -0.15) is 0 Å². The molecule has 2 heterocycles. The summed E-state index contributed by atoms with van der Waals surface area (Å²) in [7, 11) is 0. The molecule has 1 aromatic carbocycles. The molecule has 1 aromatic heterocycles. The number of furan rings is 1. The summed E-state index contributed by atoms with van der Waals surface area (Å²) in [6, 6.07) is 7.41. The summed E-state index contributed by atoms with van der Waals surface area (Å²) in [5, 5.41) is 3.92. The topological polar surface area (TPSA) is 65.8 Å². The van der Waals surface area contributed by atoms with Gasteiger partial charge in [0, 0.05) is 37.3 Å². The summed E-state index contributed by atoms with van der Waals surface area (Å²) >= 11 is 0. The average Bonchev–Trinajstić information content (AvgIpc) is 3.02. The van der Waals surface area contributed by atoms with Crippen LogP contribution in [0.5, 0.6) is 0 Å². The number of rotatable bonds is 4. The molecule has 6 nitrogen and oxygen atoms in total. The lowest BCUT2D eigenvalue weighted by molar-refractivity contribution is -0.136. The van der Waals surface area contributed by atoms with Crippen molar-refractivity contribution in [2.45, 2.75) is 33.6 Å². The van der Waals surface area contributed by atoms with E-state index in [4.69, 9.17) is 4.42 Å². The number of aryl methyl sites for hydroxylation is 1. The van der Waals surface area contributed by atoms with Crippen LogP contribution in [0.3, 0.4) is 0 Å². The monoisotopic (exact) mass is 357 g/mol. The Bertz CT molecular complexity index is 795. The number of nitrogens with one attached hydrogen (secondary N) is 1. The summed E-state index contributed by atoms with van der Waals surface area (Å²) in [6.45, 7) is 8.46. The van der Waals surface area contributed by atoms with Crippen LogP contribution in [0.15, 0.2) is 28.7 Å². The van der Waals surface area contributed by atoms with E-state index in [1.807, 2.05) is 49.9 Å². The first-order valence-electron chi connectivity index (χ1n) is 9.36. The first-order valence-corrected chi connectivity index (χ1v) is 9.36. The molecule has 1 N–H and O–H groups in total. The smallest absolute Gasteiger partial charge is 0.321 e. The Hall–Kier alpha value is -2.50. The zero-order valence-electron chi connectivity index (χ0n) is 15.7. The van der Waals surface area contributed by atoms with Gasteiger partial charge < -0.3 is 19.5 Å².